The van der Waals surface area contributed by atoms with Crippen molar-refractivity contribution in [2.75, 3.05) is 20.2 Å². The average molecular weight is 400 g/mol. The number of piperidine rings is 1. The fourth-order valence-corrected chi connectivity index (χ4v) is 4.37. The molecule has 0 spiro atoms. The summed E-state index contributed by atoms with van der Waals surface area (Å²) in [5.41, 5.74) is 0. The highest BCUT2D eigenvalue weighted by Gasteiger charge is 2.26. The first-order valence-corrected chi connectivity index (χ1v) is 8.78. The lowest BCUT2D eigenvalue weighted by molar-refractivity contribution is 0.328. The fourth-order valence-electron chi connectivity index (χ4n) is 2.27. The third kappa shape index (κ3) is 4.56. The molecule has 1 fully saturated rings. The van der Waals surface area contributed by atoms with E-state index in [1.165, 1.54) is 0 Å². The van der Waals surface area contributed by atoms with Gasteiger partial charge in [0.2, 0.25) is 10.0 Å². The van der Waals surface area contributed by atoms with Gasteiger partial charge in [0.1, 0.15) is 5.75 Å². The molecule has 0 radical (unpaired) electrons. The molecule has 1 saturated heterocycles. The highest BCUT2D eigenvalue weighted by atomic mass is 79.9. The normalized spacial score (nSPS) is 22.4. The van der Waals surface area contributed by atoms with Crippen LogP contribution < -0.4 is 14.8 Å². The molecular formula is C13H20BrClN2O3S. The van der Waals surface area contributed by atoms with Gasteiger partial charge in [0.05, 0.1) is 16.5 Å². The first-order valence-electron chi connectivity index (χ1n) is 6.50. The minimum absolute atomic E-state index is 0. The van der Waals surface area contributed by atoms with E-state index in [0.29, 0.717) is 10.2 Å². The van der Waals surface area contributed by atoms with Crippen molar-refractivity contribution in [3.8, 4) is 5.75 Å². The van der Waals surface area contributed by atoms with Gasteiger partial charge in [0.25, 0.3) is 0 Å². The lowest BCUT2D eigenvalue weighted by Crippen LogP contribution is -2.48. The molecule has 1 aromatic carbocycles. The Morgan fingerprint density at radius 2 is 2.14 bits per heavy atom. The van der Waals surface area contributed by atoms with Crippen molar-refractivity contribution in [1.29, 1.82) is 0 Å². The fraction of sp³-hybridized carbons (Fsp3) is 0.538. The van der Waals surface area contributed by atoms with Gasteiger partial charge in [-0.1, -0.05) is 6.92 Å². The van der Waals surface area contributed by atoms with Gasteiger partial charge >= 0.3 is 0 Å². The Bertz CT molecular complexity index is 583. The molecule has 0 bridgehead atoms. The summed E-state index contributed by atoms with van der Waals surface area (Å²) in [4.78, 5) is 0.246. The molecule has 5 nitrogen and oxygen atoms in total. The van der Waals surface area contributed by atoms with Crippen LogP contribution in [0.25, 0.3) is 0 Å². The van der Waals surface area contributed by atoms with Crippen LogP contribution in [0.4, 0.5) is 0 Å². The molecule has 0 aliphatic carbocycles. The molecular weight excluding hydrogens is 380 g/mol. The maximum atomic E-state index is 12.4. The van der Waals surface area contributed by atoms with Crippen molar-refractivity contribution in [2.45, 2.75) is 24.3 Å². The smallest absolute Gasteiger partial charge is 0.240 e. The second-order valence-corrected chi connectivity index (χ2v) is 7.56. The summed E-state index contributed by atoms with van der Waals surface area (Å²) in [6.07, 6.45) is 0.803. The van der Waals surface area contributed by atoms with E-state index in [1.807, 2.05) is 6.92 Å². The molecule has 0 saturated carbocycles. The van der Waals surface area contributed by atoms with Crippen LogP contribution in [-0.4, -0.2) is 34.7 Å². The number of benzene rings is 1. The number of ether oxygens (including phenoxy) is 1. The van der Waals surface area contributed by atoms with Crippen molar-refractivity contribution in [3.63, 3.8) is 0 Å². The van der Waals surface area contributed by atoms with Gasteiger partial charge in [-0.05, 0) is 59.6 Å². The molecule has 2 N–H and O–H groups in total. The third-order valence-electron chi connectivity index (χ3n) is 3.53. The third-order valence-corrected chi connectivity index (χ3v) is 5.63. The van der Waals surface area contributed by atoms with E-state index in [2.05, 4.69) is 26.0 Å². The summed E-state index contributed by atoms with van der Waals surface area (Å²) in [5.74, 6) is 0.888. The highest BCUT2D eigenvalue weighted by Crippen LogP contribution is 2.27. The number of nitrogens with one attached hydrogen (secondary N) is 2. The highest BCUT2D eigenvalue weighted by molar-refractivity contribution is 9.10. The molecule has 120 valence electrons. The molecule has 1 aliphatic heterocycles. The van der Waals surface area contributed by atoms with Crippen LogP contribution in [-0.2, 0) is 10.0 Å². The number of hydrogen-bond acceptors (Lipinski definition) is 4. The van der Waals surface area contributed by atoms with E-state index in [1.54, 1.807) is 25.3 Å². The van der Waals surface area contributed by atoms with E-state index in [4.69, 9.17) is 4.74 Å². The SMILES string of the molecule is COc1ccc(S(=O)(=O)NC2CCNCC2C)cc1Br.Cl. The van der Waals surface area contributed by atoms with E-state index in [-0.39, 0.29) is 29.3 Å². The van der Waals surface area contributed by atoms with Crippen LogP contribution in [0.1, 0.15) is 13.3 Å². The summed E-state index contributed by atoms with van der Waals surface area (Å²) in [6, 6.07) is 4.73. The zero-order valence-corrected chi connectivity index (χ0v) is 15.1. The van der Waals surface area contributed by atoms with Crippen molar-refractivity contribution < 1.29 is 13.2 Å². The largest absolute Gasteiger partial charge is 0.496 e. The van der Waals surface area contributed by atoms with Crippen LogP contribution in [0.2, 0.25) is 0 Å². The predicted molar refractivity (Wildman–Crippen MR) is 88.7 cm³/mol. The summed E-state index contributed by atoms with van der Waals surface area (Å²) in [7, 11) is -1.96. The van der Waals surface area contributed by atoms with Gasteiger partial charge in [-0.2, -0.15) is 0 Å². The Labute approximate surface area is 140 Å². The molecule has 0 amide bonds. The van der Waals surface area contributed by atoms with Crippen LogP contribution in [0, 0.1) is 5.92 Å². The molecule has 2 unspecified atom stereocenters. The van der Waals surface area contributed by atoms with Crippen LogP contribution in [0.3, 0.4) is 0 Å². The second kappa shape index (κ2) is 7.78. The van der Waals surface area contributed by atoms with Gasteiger partial charge in [-0.15, -0.1) is 12.4 Å². The van der Waals surface area contributed by atoms with E-state index in [9.17, 15) is 8.42 Å². The maximum Gasteiger partial charge on any atom is 0.240 e. The topological polar surface area (TPSA) is 67.4 Å². The first-order chi connectivity index (χ1) is 9.44. The molecule has 1 heterocycles. The first kappa shape index (κ1) is 18.7. The standard InChI is InChI=1S/C13H19BrN2O3S.ClH/c1-9-8-15-6-5-12(9)16-20(17,18)10-3-4-13(19-2)11(14)7-10;/h3-4,7,9,12,15-16H,5-6,8H2,1-2H3;1H. The van der Waals surface area contributed by atoms with E-state index in [0.717, 1.165) is 19.5 Å². The number of hydrogen-bond donors (Lipinski definition) is 2. The van der Waals surface area contributed by atoms with Gasteiger partial charge in [0.15, 0.2) is 0 Å². The molecule has 2 rings (SSSR count). The van der Waals surface area contributed by atoms with Crippen molar-refractivity contribution in [2.24, 2.45) is 5.92 Å². The van der Waals surface area contributed by atoms with Crippen LogP contribution in [0.5, 0.6) is 5.75 Å². The van der Waals surface area contributed by atoms with Crippen molar-refractivity contribution in [1.82, 2.24) is 10.0 Å². The monoisotopic (exact) mass is 398 g/mol. The Balaban J connectivity index is 0.00000220. The summed E-state index contributed by atoms with van der Waals surface area (Å²) in [5, 5.41) is 3.26. The van der Waals surface area contributed by atoms with Crippen LogP contribution in [0.15, 0.2) is 27.6 Å². The number of halogens is 2. The molecule has 21 heavy (non-hydrogen) atoms. The van der Waals surface area contributed by atoms with Gasteiger partial charge in [-0.3, -0.25) is 0 Å². The zero-order valence-electron chi connectivity index (χ0n) is 11.9. The molecule has 0 aromatic heterocycles. The quantitative estimate of drug-likeness (QED) is 0.814. The molecule has 8 heteroatoms. The van der Waals surface area contributed by atoms with Gasteiger partial charge < -0.3 is 10.1 Å². The van der Waals surface area contributed by atoms with E-state index < -0.39 is 10.0 Å². The average Bonchev–Trinajstić information content (AvgIpc) is 2.41. The summed E-state index contributed by atoms with van der Waals surface area (Å²) < 4.78 is 33.3. The Kier molecular flexibility index (Phi) is 6.93. The minimum atomic E-state index is -3.50. The van der Waals surface area contributed by atoms with E-state index >= 15 is 0 Å². The van der Waals surface area contributed by atoms with Gasteiger partial charge in [0, 0.05) is 6.04 Å². The number of sulfonamides is 1. The lowest BCUT2D eigenvalue weighted by atomic mass is 9.97. The second-order valence-electron chi connectivity index (χ2n) is 4.99. The van der Waals surface area contributed by atoms with Crippen LogP contribution >= 0.6 is 28.3 Å². The van der Waals surface area contributed by atoms with Crippen molar-refractivity contribution in [3.05, 3.63) is 22.7 Å². The Hall–Kier alpha value is -0.340. The Morgan fingerprint density at radius 1 is 1.43 bits per heavy atom. The minimum Gasteiger partial charge on any atom is -0.496 e. The number of rotatable bonds is 4. The van der Waals surface area contributed by atoms with Gasteiger partial charge in [-0.25, -0.2) is 13.1 Å². The summed E-state index contributed by atoms with van der Waals surface area (Å²) in [6.45, 7) is 3.71. The van der Waals surface area contributed by atoms with Crippen molar-refractivity contribution >= 4 is 38.4 Å². The molecule has 1 aromatic rings. The Morgan fingerprint density at radius 3 is 2.71 bits per heavy atom. The predicted octanol–water partition coefficient (Wildman–Crippen LogP) is 2.16. The number of methoxy groups -OCH3 is 1. The molecule has 1 aliphatic rings. The maximum absolute atomic E-state index is 12.4. The molecule has 2 atom stereocenters. The zero-order chi connectivity index (χ0) is 14.8. The summed E-state index contributed by atoms with van der Waals surface area (Å²) >= 11 is 3.31. The lowest BCUT2D eigenvalue weighted by Gasteiger charge is -2.30.